The van der Waals surface area contributed by atoms with Gasteiger partial charge in [0.25, 0.3) is 0 Å². The second-order valence-corrected chi connectivity index (χ2v) is 7.55. The first kappa shape index (κ1) is 22.0. The van der Waals surface area contributed by atoms with Gasteiger partial charge in [0.05, 0.1) is 10.0 Å². The van der Waals surface area contributed by atoms with Gasteiger partial charge in [-0.2, -0.15) is 5.10 Å². The predicted octanol–water partition coefficient (Wildman–Crippen LogP) is 4.17. The van der Waals surface area contributed by atoms with E-state index in [1.165, 1.54) is 43.3 Å². The van der Waals surface area contributed by atoms with Crippen molar-refractivity contribution < 1.29 is 27.8 Å². The molecule has 1 heterocycles. The lowest BCUT2D eigenvalue weighted by Gasteiger charge is -2.21. The van der Waals surface area contributed by atoms with Gasteiger partial charge in [-0.1, -0.05) is 35.3 Å². The van der Waals surface area contributed by atoms with Crippen molar-refractivity contribution in [2.45, 2.75) is 32.1 Å². The number of esters is 2. The summed E-state index contributed by atoms with van der Waals surface area (Å²) in [5, 5.41) is 4.07. The monoisotopic (exact) mass is 456 g/mol. The summed E-state index contributed by atoms with van der Waals surface area (Å²) < 4.78 is 37.8. The van der Waals surface area contributed by atoms with Gasteiger partial charge in [-0.25, -0.2) is 18.4 Å². The van der Waals surface area contributed by atoms with E-state index in [1.807, 2.05) is 0 Å². The number of halogens is 4. The Bertz CT molecular complexity index is 991. The number of rotatable bonds is 6. The third kappa shape index (κ3) is 4.71. The molecule has 158 valence electrons. The first-order valence-corrected chi connectivity index (χ1v) is 9.51. The number of ether oxygens (including phenoxy) is 2. The summed E-state index contributed by atoms with van der Waals surface area (Å²) in [4.78, 5) is 24.7. The van der Waals surface area contributed by atoms with Crippen molar-refractivity contribution in [3.05, 3.63) is 69.2 Å². The molecule has 1 atom stereocenters. The third-order valence-corrected chi connectivity index (χ3v) is 5.17. The molecule has 2 aromatic rings. The Morgan fingerprint density at radius 1 is 1.03 bits per heavy atom. The molecule has 0 spiro atoms. The fourth-order valence-corrected chi connectivity index (χ4v) is 3.13. The maximum absolute atomic E-state index is 13.8. The second-order valence-electron chi connectivity index (χ2n) is 6.73. The normalized spacial score (nSPS) is 17.8. The van der Waals surface area contributed by atoms with Gasteiger partial charge >= 0.3 is 11.9 Å². The van der Waals surface area contributed by atoms with Crippen molar-refractivity contribution >= 4 is 40.9 Å². The number of carbonyl (C=O) groups is 2. The zero-order valence-electron chi connectivity index (χ0n) is 15.7. The number of hydrazone groups is 1. The standard InChI is InChI=1S/C20H16Cl2F2N2O4/c1-20(19(28)30-10-12-14(22)5-3-7-16(12)24)8-17(25-26-20)18(27)29-9-11-13(21)4-2-6-15(11)23/h2-7,26H,8-10H2,1H3. The van der Waals surface area contributed by atoms with Gasteiger partial charge in [-0.15, -0.1) is 0 Å². The first-order chi connectivity index (χ1) is 14.2. The van der Waals surface area contributed by atoms with Gasteiger partial charge < -0.3 is 9.47 Å². The molecule has 0 fully saturated rings. The summed E-state index contributed by atoms with van der Waals surface area (Å²) in [5.74, 6) is -2.81. The molecule has 1 N–H and O–H groups in total. The summed E-state index contributed by atoms with van der Waals surface area (Å²) in [6.07, 6.45) is -0.138. The highest BCUT2D eigenvalue weighted by molar-refractivity contribution is 6.37. The number of hydrogen-bond acceptors (Lipinski definition) is 6. The molecular formula is C20H16Cl2F2N2O4. The molecule has 1 aliphatic rings. The first-order valence-electron chi connectivity index (χ1n) is 8.75. The van der Waals surface area contributed by atoms with E-state index in [9.17, 15) is 18.4 Å². The van der Waals surface area contributed by atoms with E-state index in [2.05, 4.69) is 10.5 Å². The van der Waals surface area contributed by atoms with E-state index < -0.39 is 35.7 Å². The largest absolute Gasteiger partial charge is 0.459 e. The van der Waals surface area contributed by atoms with Crippen molar-refractivity contribution in [3.8, 4) is 0 Å². The van der Waals surface area contributed by atoms with Gasteiger partial charge in [0.15, 0.2) is 5.54 Å². The van der Waals surface area contributed by atoms with Crippen molar-refractivity contribution in [2.24, 2.45) is 5.10 Å². The van der Waals surface area contributed by atoms with E-state index in [0.29, 0.717) is 0 Å². The third-order valence-electron chi connectivity index (χ3n) is 4.46. The minimum absolute atomic E-state index is 0.0306. The maximum atomic E-state index is 13.8. The number of carbonyl (C=O) groups excluding carboxylic acids is 2. The summed E-state index contributed by atoms with van der Waals surface area (Å²) in [6, 6.07) is 8.20. The molecule has 3 rings (SSSR count). The van der Waals surface area contributed by atoms with Crippen LogP contribution in [0.4, 0.5) is 8.78 Å². The fourth-order valence-electron chi connectivity index (χ4n) is 2.70. The van der Waals surface area contributed by atoms with E-state index >= 15 is 0 Å². The Morgan fingerprint density at radius 3 is 2.10 bits per heavy atom. The maximum Gasteiger partial charge on any atom is 0.354 e. The Hall–Kier alpha value is -2.71. The van der Waals surface area contributed by atoms with Crippen LogP contribution in [0, 0.1) is 11.6 Å². The average Bonchev–Trinajstić information content (AvgIpc) is 3.10. The molecule has 0 saturated carbocycles. The molecule has 0 saturated heterocycles. The molecule has 0 aromatic heterocycles. The lowest BCUT2D eigenvalue weighted by atomic mass is 9.97. The number of benzene rings is 2. The smallest absolute Gasteiger partial charge is 0.354 e. The lowest BCUT2D eigenvalue weighted by Crippen LogP contribution is -2.45. The summed E-state index contributed by atoms with van der Waals surface area (Å²) in [7, 11) is 0. The van der Waals surface area contributed by atoms with Gasteiger partial charge in [0.1, 0.15) is 30.6 Å². The average molecular weight is 457 g/mol. The van der Waals surface area contributed by atoms with Crippen LogP contribution in [0.1, 0.15) is 24.5 Å². The van der Waals surface area contributed by atoms with Gasteiger partial charge in [0.2, 0.25) is 0 Å². The Balaban J connectivity index is 1.57. The van der Waals surface area contributed by atoms with Crippen LogP contribution < -0.4 is 5.43 Å². The topological polar surface area (TPSA) is 77.0 Å². The molecule has 10 heteroatoms. The van der Waals surface area contributed by atoms with Crippen LogP contribution in [-0.2, 0) is 32.3 Å². The Labute approximate surface area is 180 Å². The highest BCUT2D eigenvalue weighted by atomic mass is 35.5. The Morgan fingerprint density at radius 2 is 1.57 bits per heavy atom. The molecule has 0 bridgehead atoms. The van der Waals surface area contributed by atoms with Crippen LogP contribution in [-0.4, -0.2) is 23.2 Å². The zero-order valence-corrected chi connectivity index (χ0v) is 17.2. The number of hydrogen-bond donors (Lipinski definition) is 1. The SMILES string of the molecule is CC1(C(=O)OCc2c(F)cccc2Cl)CC(C(=O)OCc2c(F)cccc2Cl)=NN1. The molecule has 0 amide bonds. The minimum Gasteiger partial charge on any atom is -0.459 e. The number of nitrogens with one attached hydrogen (secondary N) is 1. The molecule has 1 unspecified atom stereocenters. The molecule has 1 aliphatic heterocycles. The van der Waals surface area contributed by atoms with E-state index in [4.69, 9.17) is 32.7 Å². The van der Waals surface area contributed by atoms with E-state index in [1.54, 1.807) is 0 Å². The van der Waals surface area contributed by atoms with E-state index in [0.717, 1.165) is 0 Å². The molecule has 6 nitrogen and oxygen atoms in total. The molecule has 0 aliphatic carbocycles. The quantitative estimate of drug-likeness (QED) is 0.660. The molecule has 2 aromatic carbocycles. The number of nitrogens with zero attached hydrogens (tertiary/aromatic N) is 1. The van der Waals surface area contributed by atoms with Gasteiger partial charge in [0, 0.05) is 17.5 Å². The van der Waals surface area contributed by atoms with Crippen molar-refractivity contribution in [2.75, 3.05) is 0 Å². The summed E-state index contributed by atoms with van der Waals surface area (Å²) >= 11 is 11.8. The summed E-state index contributed by atoms with van der Waals surface area (Å²) in [6.45, 7) is 0.694. The Kier molecular flexibility index (Phi) is 6.58. The molecule has 30 heavy (non-hydrogen) atoms. The predicted molar refractivity (Wildman–Crippen MR) is 106 cm³/mol. The second kappa shape index (κ2) is 8.97. The van der Waals surface area contributed by atoms with Crippen LogP contribution in [0.5, 0.6) is 0 Å². The van der Waals surface area contributed by atoms with Gasteiger partial charge in [-0.3, -0.25) is 5.43 Å². The molecule has 0 radical (unpaired) electrons. The van der Waals surface area contributed by atoms with Crippen molar-refractivity contribution in [1.29, 1.82) is 0 Å². The van der Waals surface area contributed by atoms with Crippen LogP contribution >= 0.6 is 23.2 Å². The highest BCUT2D eigenvalue weighted by Crippen LogP contribution is 2.24. The van der Waals surface area contributed by atoms with Crippen molar-refractivity contribution in [1.82, 2.24) is 5.43 Å². The van der Waals surface area contributed by atoms with Crippen LogP contribution in [0.25, 0.3) is 0 Å². The summed E-state index contributed by atoms with van der Waals surface area (Å²) in [5.41, 5.74) is 1.17. The van der Waals surface area contributed by atoms with Crippen LogP contribution in [0.3, 0.4) is 0 Å². The van der Waals surface area contributed by atoms with Gasteiger partial charge in [-0.05, 0) is 31.2 Å². The highest BCUT2D eigenvalue weighted by Gasteiger charge is 2.42. The zero-order chi connectivity index (χ0) is 21.9. The van der Waals surface area contributed by atoms with Crippen molar-refractivity contribution in [3.63, 3.8) is 0 Å². The minimum atomic E-state index is -1.36. The molecular weight excluding hydrogens is 441 g/mol. The lowest BCUT2D eigenvalue weighted by molar-refractivity contribution is -0.151. The van der Waals surface area contributed by atoms with Crippen LogP contribution in [0.15, 0.2) is 41.5 Å². The van der Waals surface area contributed by atoms with Crippen LogP contribution in [0.2, 0.25) is 10.0 Å². The van der Waals surface area contributed by atoms with E-state index in [-0.39, 0.29) is 39.9 Å². The fraction of sp³-hybridized carbons (Fsp3) is 0.250.